The first-order valence-electron chi connectivity index (χ1n) is 6.99. The molecule has 0 aliphatic carbocycles. The number of benzene rings is 1. The van der Waals surface area contributed by atoms with E-state index in [-0.39, 0.29) is 34.9 Å². The first-order chi connectivity index (χ1) is 10.6. The Labute approximate surface area is 137 Å². The van der Waals surface area contributed by atoms with Gasteiger partial charge in [-0.25, -0.2) is 16.8 Å². The highest BCUT2D eigenvalue weighted by Crippen LogP contribution is 2.34. The Balaban J connectivity index is 2.52. The Hall–Kier alpha value is -1.69. The maximum absolute atomic E-state index is 13.0. The standard InChI is InChI=1S/C15H18N2O4S2/c1-3-8-17(15(2)7-9-22(18,19)12-15)23(20,21)14-6-4-5-13(10-14)11-16/h3-6,10H,1,7-9,12H2,2H3/t15-/m0/s1. The van der Waals surface area contributed by atoms with Crippen molar-refractivity contribution in [1.82, 2.24) is 4.31 Å². The van der Waals surface area contributed by atoms with Crippen LogP contribution in [-0.2, 0) is 19.9 Å². The summed E-state index contributed by atoms with van der Waals surface area (Å²) in [5.74, 6) is -0.254. The number of rotatable bonds is 5. The van der Waals surface area contributed by atoms with Crippen LogP contribution in [-0.4, -0.2) is 44.7 Å². The molecule has 2 rings (SSSR count). The van der Waals surface area contributed by atoms with Crippen LogP contribution in [0.25, 0.3) is 0 Å². The number of nitrogens with zero attached hydrogens (tertiary/aromatic N) is 2. The number of sulfonamides is 1. The number of hydrogen-bond donors (Lipinski definition) is 0. The number of sulfone groups is 1. The lowest BCUT2D eigenvalue weighted by Gasteiger charge is -2.35. The Kier molecular flexibility index (Phi) is 4.66. The Bertz CT molecular complexity index is 869. The van der Waals surface area contributed by atoms with Crippen LogP contribution in [0.15, 0.2) is 41.8 Å². The molecule has 1 atom stereocenters. The van der Waals surface area contributed by atoms with Gasteiger partial charge in [0.15, 0.2) is 9.84 Å². The second-order valence-corrected chi connectivity index (χ2v) is 9.85. The second kappa shape index (κ2) is 6.07. The highest BCUT2D eigenvalue weighted by molar-refractivity contribution is 7.92. The zero-order valence-electron chi connectivity index (χ0n) is 12.8. The average Bonchev–Trinajstić information content (AvgIpc) is 2.79. The minimum Gasteiger partial charge on any atom is -0.229 e. The SMILES string of the molecule is C=CCN([C@@]1(C)CCS(=O)(=O)C1)S(=O)(=O)c1cccc(C#N)c1. The maximum Gasteiger partial charge on any atom is 0.243 e. The lowest BCUT2D eigenvalue weighted by atomic mass is 10.0. The van der Waals surface area contributed by atoms with Crippen molar-refractivity contribution in [3.05, 3.63) is 42.5 Å². The fraction of sp³-hybridized carbons (Fsp3) is 0.400. The molecule has 0 amide bonds. The minimum atomic E-state index is -3.94. The predicted octanol–water partition coefficient (Wildman–Crippen LogP) is 1.31. The Morgan fingerprint density at radius 2 is 2.17 bits per heavy atom. The molecule has 1 saturated heterocycles. The van der Waals surface area contributed by atoms with Crippen LogP contribution >= 0.6 is 0 Å². The lowest BCUT2D eigenvalue weighted by molar-refractivity contribution is 0.252. The predicted molar refractivity (Wildman–Crippen MR) is 86.9 cm³/mol. The van der Waals surface area contributed by atoms with Gasteiger partial charge in [0.1, 0.15) is 0 Å². The van der Waals surface area contributed by atoms with Gasteiger partial charge in [0, 0.05) is 12.1 Å². The summed E-state index contributed by atoms with van der Waals surface area (Å²) in [5, 5.41) is 8.95. The maximum atomic E-state index is 13.0. The molecule has 0 bridgehead atoms. The lowest BCUT2D eigenvalue weighted by Crippen LogP contribution is -2.50. The van der Waals surface area contributed by atoms with E-state index in [1.165, 1.54) is 34.6 Å². The van der Waals surface area contributed by atoms with E-state index in [1.54, 1.807) is 6.92 Å². The van der Waals surface area contributed by atoms with Gasteiger partial charge in [0.2, 0.25) is 10.0 Å². The molecule has 0 aromatic heterocycles. The van der Waals surface area contributed by atoms with Crippen LogP contribution < -0.4 is 0 Å². The van der Waals surface area contributed by atoms with Crippen LogP contribution in [0.3, 0.4) is 0 Å². The van der Waals surface area contributed by atoms with E-state index in [4.69, 9.17) is 5.26 Å². The molecular weight excluding hydrogens is 336 g/mol. The highest BCUT2D eigenvalue weighted by atomic mass is 32.2. The molecule has 0 radical (unpaired) electrons. The van der Waals surface area contributed by atoms with Crippen molar-refractivity contribution in [2.45, 2.75) is 23.8 Å². The molecule has 6 nitrogen and oxygen atoms in total. The van der Waals surface area contributed by atoms with Gasteiger partial charge in [-0.1, -0.05) is 12.1 Å². The molecule has 124 valence electrons. The molecule has 0 spiro atoms. The van der Waals surface area contributed by atoms with E-state index in [0.29, 0.717) is 0 Å². The highest BCUT2D eigenvalue weighted by Gasteiger charge is 2.47. The van der Waals surface area contributed by atoms with Crippen molar-refractivity contribution in [3.63, 3.8) is 0 Å². The van der Waals surface area contributed by atoms with Crippen molar-refractivity contribution in [2.24, 2.45) is 0 Å². The van der Waals surface area contributed by atoms with Crippen molar-refractivity contribution in [3.8, 4) is 6.07 Å². The Morgan fingerprint density at radius 1 is 1.48 bits per heavy atom. The second-order valence-electron chi connectivity index (χ2n) is 5.80. The van der Waals surface area contributed by atoms with E-state index >= 15 is 0 Å². The van der Waals surface area contributed by atoms with Crippen molar-refractivity contribution < 1.29 is 16.8 Å². The zero-order valence-corrected chi connectivity index (χ0v) is 14.4. The van der Waals surface area contributed by atoms with Gasteiger partial charge < -0.3 is 0 Å². The van der Waals surface area contributed by atoms with Crippen molar-refractivity contribution in [1.29, 1.82) is 5.26 Å². The van der Waals surface area contributed by atoms with Crippen LogP contribution in [0.4, 0.5) is 0 Å². The Morgan fingerprint density at radius 3 is 2.70 bits per heavy atom. The fourth-order valence-electron chi connectivity index (χ4n) is 2.77. The molecule has 0 saturated carbocycles. The first-order valence-corrected chi connectivity index (χ1v) is 10.3. The summed E-state index contributed by atoms with van der Waals surface area (Å²) in [6.45, 7) is 5.21. The van der Waals surface area contributed by atoms with Gasteiger partial charge in [-0.05, 0) is 31.5 Å². The summed E-state index contributed by atoms with van der Waals surface area (Å²) in [6.07, 6.45) is 1.67. The molecule has 1 aromatic carbocycles. The smallest absolute Gasteiger partial charge is 0.229 e. The summed E-state index contributed by atoms with van der Waals surface area (Å²) in [5.41, 5.74) is -0.789. The molecule has 1 aromatic rings. The van der Waals surface area contributed by atoms with Gasteiger partial charge in [-0.15, -0.1) is 6.58 Å². The van der Waals surface area contributed by atoms with E-state index < -0.39 is 25.4 Å². The van der Waals surface area contributed by atoms with Crippen LogP contribution in [0.2, 0.25) is 0 Å². The van der Waals surface area contributed by atoms with E-state index in [1.807, 2.05) is 6.07 Å². The quantitative estimate of drug-likeness (QED) is 0.743. The van der Waals surface area contributed by atoms with E-state index in [9.17, 15) is 16.8 Å². The molecule has 1 heterocycles. The normalized spacial score (nSPS) is 23.5. The number of nitriles is 1. The monoisotopic (exact) mass is 354 g/mol. The van der Waals surface area contributed by atoms with Crippen LogP contribution in [0.1, 0.15) is 18.9 Å². The summed E-state index contributed by atoms with van der Waals surface area (Å²) < 4.78 is 50.8. The fourth-order valence-corrected chi connectivity index (χ4v) is 6.81. The average molecular weight is 354 g/mol. The third-order valence-electron chi connectivity index (χ3n) is 3.93. The van der Waals surface area contributed by atoms with E-state index in [0.717, 1.165) is 0 Å². The molecule has 0 unspecified atom stereocenters. The van der Waals surface area contributed by atoms with Gasteiger partial charge in [-0.3, -0.25) is 0 Å². The molecule has 1 aliphatic rings. The molecule has 1 aliphatic heterocycles. The minimum absolute atomic E-state index is 0.00509. The van der Waals surface area contributed by atoms with Crippen molar-refractivity contribution in [2.75, 3.05) is 18.1 Å². The van der Waals surface area contributed by atoms with Gasteiger partial charge >= 0.3 is 0 Å². The summed E-state index contributed by atoms with van der Waals surface area (Å²) in [6, 6.07) is 7.60. The zero-order chi connectivity index (χ0) is 17.3. The van der Waals surface area contributed by atoms with Crippen molar-refractivity contribution >= 4 is 19.9 Å². The first kappa shape index (κ1) is 17.7. The summed E-state index contributed by atoms with van der Waals surface area (Å²) in [4.78, 5) is -0.0241. The summed E-state index contributed by atoms with van der Waals surface area (Å²) >= 11 is 0. The largest absolute Gasteiger partial charge is 0.243 e. The molecule has 0 N–H and O–H groups in total. The van der Waals surface area contributed by atoms with Crippen LogP contribution in [0.5, 0.6) is 0 Å². The van der Waals surface area contributed by atoms with Gasteiger partial charge in [-0.2, -0.15) is 9.57 Å². The van der Waals surface area contributed by atoms with Gasteiger partial charge in [0.25, 0.3) is 0 Å². The van der Waals surface area contributed by atoms with Crippen LogP contribution in [0, 0.1) is 11.3 Å². The third-order valence-corrected chi connectivity index (χ3v) is 7.84. The molecular formula is C15H18N2O4S2. The topological polar surface area (TPSA) is 95.3 Å². The molecule has 8 heteroatoms. The molecule has 1 fully saturated rings. The summed E-state index contributed by atoms with van der Waals surface area (Å²) in [7, 11) is -7.21. The molecule has 23 heavy (non-hydrogen) atoms. The number of hydrogen-bond acceptors (Lipinski definition) is 5. The van der Waals surface area contributed by atoms with Gasteiger partial charge in [0.05, 0.1) is 28.0 Å². The third kappa shape index (κ3) is 3.47. The van der Waals surface area contributed by atoms with E-state index in [2.05, 4.69) is 6.58 Å².